The van der Waals surface area contributed by atoms with Gasteiger partial charge in [0.05, 0.1) is 14.2 Å². The first-order chi connectivity index (χ1) is 8.67. The van der Waals surface area contributed by atoms with Crippen molar-refractivity contribution in [2.24, 2.45) is 0 Å². The van der Waals surface area contributed by atoms with E-state index in [-0.39, 0.29) is 11.7 Å². The van der Waals surface area contributed by atoms with E-state index >= 15 is 0 Å². The molecule has 0 aliphatic rings. The summed E-state index contributed by atoms with van der Waals surface area (Å²) in [4.78, 5) is 10.9. The molecule has 0 heterocycles. The van der Waals surface area contributed by atoms with E-state index in [2.05, 4.69) is 10.1 Å². The highest BCUT2D eigenvalue weighted by atomic mass is 16.5. The van der Waals surface area contributed by atoms with Gasteiger partial charge in [0, 0.05) is 18.5 Å². The summed E-state index contributed by atoms with van der Waals surface area (Å²) < 4.78 is 9.62. The van der Waals surface area contributed by atoms with Gasteiger partial charge in [-0.15, -0.1) is 0 Å². The highest BCUT2D eigenvalue weighted by Crippen LogP contribution is 2.22. The van der Waals surface area contributed by atoms with Gasteiger partial charge in [-0.25, -0.2) is 0 Å². The molecule has 0 amide bonds. The van der Waals surface area contributed by atoms with Crippen LogP contribution in [0.3, 0.4) is 0 Å². The van der Waals surface area contributed by atoms with Gasteiger partial charge in [0.2, 0.25) is 0 Å². The van der Waals surface area contributed by atoms with Crippen LogP contribution in [0.1, 0.15) is 18.4 Å². The Hall–Kier alpha value is -1.75. The smallest absolute Gasteiger partial charge is 0.305 e. The van der Waals surface area contributed by atoms with Crippen LogP contribution in [0.2, 0.25) is 0 Å². The van der Waals surface area contributed by atoms with Gasteiger partial charge in [0.1, 0.15) is 11.5 Å². The van der Waals surface area contributed by atoms with E-state index in [1.54, 1.807) is 25.3 Å². The van der Waals surface area contributed by atoms with Crippen LogP contribution < -0.4 is 10.1 Å². The second kappa shape index (κ2) is 7.55. The minimum absolute atomic E-state index is 0.207. The van der Waals surface area contributed by atoms with Gasteiger partial charge in [0.25, 0.3) is 0 Å². The number of methoxy groups -OCH3 is 2. The van der Waals surface area contributed by atoms with Gasteiger partial charge in [0.15, 0.2) is 0 Å². The Morgan fingerprint density at radius 1 is 1.39 bits per heavy atom. The molecule has 0 fully saturated rings. The first-order valence-corrected chi connectivity index (χ1v) is 5.80. The number of benzene rings is 1. The molecular formula is C13H19NO4. The van der Waals surface area contributed by atoms with E-state index in [4.69, 9.17) is 4.74 Å². The van der Waals surface area contributed by atoms with Crippen LogP contribution in [-0.2, 0) is 16.1 Å². The van der Waals surface area contributed by atoms with Crippen molar-refractivity contribution in [3.63, 3.8) is 0 Å². The van der Waals surface area contributed by atoms with Gasteiger partial charge >= 0.3 is 5.97 Å². The quantitative estimate of drug-likeness (QED) is 0.568. The monoisotopic (exact) mass is 253 g/mol. The maximum absolute atomic E-state index is 10.9. The first kappa shape index (κ1) is 14.3. The third-order valence-corrected chi connectivity index (χ3v) is 2.56. The van der Waals surface area contributed by atoms with Crippen LogP contribution in [0.5, 0.6) is 11.5 Å². The summed E-state index contributed by atoms with van der Waals surface area (Å²) in [6.45, 7) is 1.22. The fourth-order valence-corrected chi connectivity index (χ4v) is 1.51. The van der Waals surface area contributed by atoms with E-state index in [0.717, 1.165) is 5.56 Å². The number of aromatic hydroxyl groups is 1. The number of phenols is 1. The van der Waals surface area contributed by atoms with Crippen molar-refractivity contribution < 1.29 is 19.4 Å². The van der Waals surface area contributed by atoms with E-state index < -0.39 is 0 Å². The number of phenolic OH excluding ortho intramolecular Hbond substituents is 1. The summed E-state index contributed by atoms with van der Waals surface area (Å²) in [5.74, 6) is 0.733. The number of rotatable bonds is 7. The molecule has 0 unspecified atom stereocenters. The molecule has 5 nitrogen and oxygen atoms in total. The Bertz CT molecular complexity index is 393. The standard InChI is InChI=1S/C13H19NO4/c1-17-11-5-6-12(15)10(8-11)9-14-7-3-4-13(16)18-2/h5-6,8,14-15H,3-4,7,9H2,1-2H3. The Morgan fingerprint density at radius 3 is 2.83 bits per heavy atom. The number of hydrogen-bond donors (Lipinski definition) is 2. The van der Waals surface area contributed by atoms with E-state index in [9.17, 15) is 9.90 Å². The van der Waals surface area contributed by atoms with Crippen molar-refractivity contribution >= 4 is 5.97 Å². The highest BCUT2D eigenvalue weighted by Gasteiger charge is 2.03. The molecule has 18 heavy (non-hydrogen) atoms. The number of esters is 1. The topological polar surface area (TPSA) is 67.8 Å². The molecule has 1 aromatic carbocycles. The predicted molar refractivity (Wildman–Crippen MR) is 67.6 cm³/mol. The lowest BCUT2D eigenvalue weighted by molar-refractivity contribution is -0.140. The van der Waals surface area contributed by atoms with Crippen LogP contribution in [0, 0.1) is 0 Å². The zero-order valence-electron chi connectivity index (χ0n) is 10.7. The largest absolute Gasteiger partial charge is 0.508 e. The number of nitrogens with one attached hydrogen (secondary N) is 1. The predicted octanol–water partition coefficient (Wildman–Crippen LogP) is 1.44. The maximum atomic E-state index is 10.9. The van der Waals surface area contributed by atoms with Gasteiger partial charge in [-0.1, -0.05) is 0 Å². The lowest BCUT2D eigenvalue weighted by Crippen LogP contribution is -2.16. The summed E-state index contributed by atoms with van der Waals surface area (Å²) in [6.07, 6.45) is 1.10. The van der Waals surface area contributed by atoms with Gasteiger partial charge in [-0.3, -0.25) is 4.79 Å². The molecule has 0 aliphatic carbocycles. The molecule has 0 aromatic heterocycles. The maximum Gasteiger partial charge on any atom is 0.305 e. The van der Waals surface area contributed by atoms with Crippen LogP contribution in [0.25, 0.3) is 0 Å². The number of carbonyl (C=O) groups excluding carboxylic acids is 1. The molecule has 2 N–H and O–H groups in total. The lowest BCUT2D eigenvalue weighted by atomic mass is 10.2. The normalized spacial score (nSPS) is 10.1. The summed E-state index contributed by atoms with van der Waals surface area (Å²) in [5.41, 5.74) is 0.771. The Morgan fingerprint density at radius 2 is 2.17 bits per heavy atom. The number of hydrogen-bond acceptors (Lipinski definition) is 5. The van der Waals surface area contributed by atoms with E-state index in [1.807, 2.05) is 0 Å². The number of ether oxygens (including phenoxy) is 2. The summed E-state index contributed by atoms with van der Waals surface area (Å²) in [6, 6.07) is 5.09. The fraction of sp³-hybridized carbons (Fsp3) is 0.462. The molecular weight excluding hydrogens is 234 g/mol. The second-order valence-electron chi connectivity index (χ2n) is 3.85. The second-order valence-corrected chi connectivity index (χ2v) is 3.85. The molecule has 0 radical (unpaired) electrons. The van der Waals surface area contributed by atoms with Crippen molar-refractivity contribution in [3.8, 4) is 11.5 Å². The minimum Gasteiger partial charge on any atom is -0.508 e. The minimum atomic E-state index is -0.207. The average Bonchev–Trinajstić information content (AvgIpc) is 2.40. The molecule has 100 valence electrons. The molecule has 5 heteroatoms. The van der Waals surface area contributed by atoms with Gasteiger partial charge < -0.3 is 19.9 Å². The average molecular weight is 253 g/mol. The Balaban J connectivity index is 2.32. The Kier molecular flexibility index (Phi) is 6.00. The third kappa shape index (κ3) is 4.63. The third-order valence-electron chi connectivity index (χ3n) is 2.56. The summed E-state index contributed by atoms with van der Waals surface area (Å²) >= 11 is 0. The molecule has 0 saturated heterocycles. The zero-order chi connectivity index (χ0) is 13.4. The molecule has 0 spiro atoms. The Labute approximate surface area is 107 Å². The lowest BCUT2D eigenvalue weighted by Gasteiger charge is -2.08. The van der Waals surface area contributed by atoms with Crippen molar-refractivity contribution in [3.05, 3.63) is 23.8 Å². The highest BCUT2D eigenvalue weighted by molar-refractivity contribution is 5.69. The van der Waals surface area contributed by atoms with Crippen LogP contribution in [0.15, 0.2) is 18.2 Å². The van der Waals surface area contributed by atoms with Crippen LogP contribution >= 0.6 is 0 Å². The first-order valence-electron chi connectivity index (χ1n) is 5.80. The van der Waals surface area contributed by atoms with Crippen molar-refractivity contribution in [1.29, 1.82) is 0 Å². The molecule has 1 aromatic rings. The zero-order valence-corrected chi connectivity index (χ0v) is 10.7. The van der Waals surface area contributed by atoms with Crippen LogP contribution in [0.4, 0.5) is 0 Å². The molecule has 0 atom stereocenters. The summed E-state index contributed by atoms with van der Waals surface area (Å²) in [5, 5.41) is 12.8. The molecule has 1 rings (SSSR count). The van der Waals surface area contributed by atoms with E-state index in [0.29, 0.717) is 31.7 Å². The molecule has 0 saturated carbocycles. The fourth-order valence-electron chi connectivity index (χ4n) is 1.51. The van der Waals surface area contributed by atoms with Crippen molar-refractivity contribution in [2.75, 3.05) is 20.8 Å². The van der Waals surface area contributed by atoms with E-state index in [1.165, 1.54) is 7.11 Å². The van der Waals surface area contributed by atoms with Gasteiger partial charge in [-0.05, 0) is 31.2 Å². The SMILES string of the molecule is COC(=O)CCCNCc1cc(OC)ccc1O. The van der Waals surface area contributed by atoms with Crippen molar-refractivity contribution in [1.82, 2.24) is 5.32 Å². The number of carbonyl (C=O) groups is 1. The van der Waals surface area contributed by atoms with Crippen molar-refractivity contribution in [2.45, 2.75) is 19.4 Å². The molecule has 0 bridgehead atoms. The van der Waals surface area contributed by atoms with Crippen LogP contribution in [-0.4, -0.2) is 31.8 Å². The van der Waals surface area contributed by atoms with Gasteiger partial charge in [-0.2, -0.15) is 0 Å². The molecule has 0 aliphatic heterocycles. The summed E-state index contributed by atoms with van der Waals surface area (Å²) in [7, 11) is 2.96.